The lowest BCUT2D eigenvalue weighted by molar-refractivity contribution is -0.384. The van der Waals surface area contributed by atoms with Gasteiger partial charge in [0, 0.05) is 23.6 Å². The highest BCUT2D eigenvalue weighted by molar-refractivity contribution is 9.10. The van der Waals surface area contributed by atoms with Crippen LogP contribution >= 0.6 is 15.9 Å². The minimum atomic E-state index is -0.783. The fraction of sp³-hybridized carbons (Fsp3) is 0.500. The first-order chi connectivity index (χ1) is 8.39. The highest BCUT2D eigenvalue weighted by Gasteiger charge is 2.31. The number of nitro benzene ring substituents is 1. The van der Waals surface area contributed by atoms with Crippen LogP contribution in [0.3, 0.4) is 0 Å². The van der Waals surface area contributed by atoms with Crippen molar-refractivity contribution in [2.75, 3.05) is 18.0 Å². The van der Waals surface area contributed by atoms with E-state index in [0.29, 0.717) is 12.2 Å². The normalized spacial score (nSPS) is 24.1. The van der Waals surface area contributed by atoms with Gasteiger partial charge in [0.05, 0.1) is 10.5 Å². The van der Waals surface area contributed by atoms with Crippen molar-refractivity contribution in [3.05, 3.63) is 32.8 Å². The van der Waals surface area contributed by atoms with Crippen molar-refractivity contribution in [2.24, 2.45) is 0 Å². The van der Waals surface area contributed by atoms with Crippen LogP contribution in [0, 0.1) is 10.1 Å². The topological polar surface area (TPSA) is 66.6 Å². The molecule has 5 nitrogen and oxygen atoms in total. The zero-order chi connectivity index (χ0) is 13.3. The molecule has 18 heavy (non-hydrogen) atoms. The van der Waals surface area contributed by atoms with Crippen LogP contribution in [0.5, 0.6) is 0 Å². The molecule has 0 radical (unpaired) electrons. The average Bonchev–Trinajstić information content (AvgIpc) is 2.27. The van der Waals surface area contributed by atoms with Crippen molar-refractivity contribution in [3.8, 4) is 0 Å². The standard InChI is InChI=1S/C12H15BrN2O3/c1-12(16)5-2-6-14(8-12)11-7-9(13)3-4-10(11)15(17)18/h3-4,7,16H,2,5-6,8H2,1H3. The van der Waals surface area contributed by atoms with Gasteiger partial charge >= 0.3 is 0 Å². The highest BCUT2D eigenvalue weighted by Crippen LogP contribution is 2.34. The molecule has 1 N–H and O–H groups in total. The Labute approximate surface area is 114 Å². The van der Waals surface area contributed by atoms with E-state index < -0.39 is 5.60 Å². The first kappa shape index (κ1) is 13.3. The molecule has 0 aromatic heterocycles. The first-order valence-electron chi connectivity index (χ1n) is 5.80. The van der Waals surface area contributed by atoms with Gasteiger partial charge in [0.2, 0.25) is 0 Å². The van der Waals surface area contributed by atoms with Crippen LogP contribution in [0.1, 0.15) is 19.8 Å². The lowest BCUT2D eigenvalue weighted by atomic mass is 9.94. The first-order valence-corrected chi connectivity index (χ1v) is 6.60. The maximum Gasteiger partial charge on any atom is 0.292 e. The summed E-state index contributed by atoms with van der Waals surface area (Å²) >= 11 is 3.33. The zero-order valence-electron chi connectivity index (χ0n) is 10.1. The average molecular weight is 315 g/mol. The van der Waals surface area contributed by atoms with E-state index in [1.807, 2.05) is 4.90 Å². The quantitative estimate of drug-likeness (QED) is 0.673. The van der Waals surface area contributed by atoms with Gasteiger partial charge in [-0.2, -0.15) is 0 Å². The van der Waals surface area contributed by atoms with Gasteiger partial charge in [0.1, 0.15) is 5.69 Å². The molecule has 6 heteroatoms. The van der Waals surface area contributed by atoms with Crippen LogP contribution in [-0.2, 0) is 0 Å². The number of hydrogen-bond donors (Lipinski definition) is 1. The Kier molecular flexibility index (Phi) is 3.59. The van der Waals surface area contributed by atoms with E-state index in [9.17, 15) is 15.2 Å². The van der Waals surface area contributed by atoms with E-state index in [2.05, 4.69) is 15.9 Å². The minimum absolute atomic E-state index is 0.0795. The largest absolute Gasteiger partial charge is 0.388 e. The van der Waals surface area contributed by atoms with E-state index in [1.54, 1.807) is 19.1 Å². The number of halogens is 1. The lowest BCUT2D eigenvalue weighted by Crippen LogP contribution is -2.46. The summed E-state index contributed by atoms with van der Waals surface area (Å²) < 4.78 is 0.799. The number of hydrogen-bond acceptors (Lipinski definition) is 4. The van der Waals surface area contributed by atoms with Gasteiger partial charge in [-0.3, -0.25) is 10.1 Å². The Morgan fingerprint density at radius 3 is 2.89 bits per heavy atom. The van der Waals surface area contributed by atoms with Gasteiger partial charge in [0.25, 0.3) is 5.69 Å². The highest BCUT2D eigenvalue weighted by atomic mass is 79.9. The maximum atomic E-state index is 11.0. The molecule has 1 aromatic rings. The number of aliphatic hydroxyl groups is 1. The molecule has 0 saturated carbocycles. The zero-order valence-corrected chi connectivity index (χ0v) is 11.7. The van der Waals surface area contributed by atoms with E-state index in [4.69, 9.17) is 0 Å². The van der Waals surface area contributed by atoms with E-state index in [0.717, 1.165) is 23.9 Å². The molecule has 1 aliphatic rings. The predicted octanol–water partition coefficient (Wildman–Crippen LogP) is 2.71. The van der Waals surface area contributed by atoms with Gasteiger partial charge in [-0.25, -0.2) is 0 Å². The molecule has 1 saturated heterocycles. The lowest BCUT2D eigenvalue weighted by Gasteiger charge is -2.37. The summed E-state index contributed by atoms with van der Waals surface area (Å²) in [5.74, 6) is 0. The number of nitro groups is 1. The summed E-state index contributed by atoms with van der Waals surface area (Å²) in [7, 11) is 0. The van der Waals surface area contributed by atoms with Crippen molar-refractivity contribution in [1.82, 2.24) is 0 Å². The number of nitrogens with zero attached hydrogens (tertiary/aromatic N) is 2. The Hall–Kier alpha value is -1.14. The molecule has 1 aromatic carbocycles. The van der Waals surface area contributed by atoms with Crippen LogP contribution in [0.4, 0.5) is 11.4 Å². The molecule has 1 aliphatic heterocycles. The molecule has 1 heterocycles. The van der Waals surface area contributed by atoms with Gasteiger partial charge in [-0.05, 0) is 31.9 Å². The Bertz CT molecular complexity index is 476. The molecule has 0 bridgehead atoms. The number of benzene rings is 1. The second kappa shape index (κ2) is 4.85. The molecule has 0 spiro atoms. The van der Waals surface area contributed by atoms with Crippen molar-refractivity contribution < 1.29 is 10.0 Å². The molecule has 1 unspecified atom stereocenters. The molecule has 0 amide bonds. The molecule has 1 atom stereocenters. The summed E-state index contributed by atoms with van der Waals surface area (Å²) in [5.41, 5.74) is -0.140. The summed E-state index contributed by atoms with van der Waals surface area (Å²) in [5, 5.41) is 21.1. The number of rotatable bonds is 2. The van der Waals surface area contributed by atoms with Gasteiger partial charge in [0.15, 0.2) is 0 Å². The fourth-order valence-corrected chi connectivity index (χ4v) is 2.68. The number of anilines is 1. The van der Waals surface area contributed by atoms with Gasteiger partial charge < -0.3 is 10.0 Å². The predicted molar refractivity (Wildman–Crippen MR) is 72.9 cm³/mol. The number of β-amino-alcohol motifs (C(OH)–C–C–N with tert-alkyl or cyclic N) is 1. The van der Waals surface area contributed by atoms with Gasteiger partial charge in [-0.1, -0.05) is 15.9 Å². The molecule has 0 aliphatic carbocycles. The van der Waals surface area contributed by atoms with Crippen LogP contribution in [0.15, 0.2) is 22.7 Å². The monoisotopic (exact) mass is 314 g/mol. The Morgan fingerprint density at radius 1 is 1.56 bits per heavy atom. The molecule has 1 fully saturated rings. The van der Waals surface area contributed by atoms with Gasteiger partial charge in [-0.15, -0.1) is 0 Å². The Morgan fingerprint density at radius 2 is 2.28 bits per heavy atom. The van der Waals surface area contributed by atoms with Crippen LogP contribution in [0.25, 0.3) is 0 Å². The summed E-state index contributed by atoms with van der Waals surface area (Å²) in [6.07, 6.45) is 1.56. The number of piperidine rings is 1. The Balaban J connectivity index is 2.37. The van der Waals surface area contributed by atoms with Crippen molar-refractivity contribution in [1.29, 1.82) is 0 Å². The third kappa shape index (κ3) is 2.81. The van der Waals surface area contributed by atoms with E-state index in [1.165, 1.54) is 6.07 Å². The maximum absolute atomic E-state index is 11.0. The van der Waals surface area contributed by atoms with Crippen LogP contribution in [-0.4, -0.2) is 28.7 Å². The minimum Gasteiger partial charge on any atom is -0.388 e. The van der Waals surface area contributed by atoms with E-state index in [-0.39, 0.29) is 10.6 Å². The summed E-state index contributed by atoms with van der Waals surface area (Å²) in [6.45, 7) is 2.92. The SMILES string of the molecule is CC1(O)CCCN(c2cc(Br)ccc2[N+](=O)[O-])C1. The molecule has 98 valence electrons. The third-order valence-electron chi connectivity index (χ3n) is 3.15. The molecule has 2 rings (SSSR count). The third-order valence-corrected chi connectivity index (χ3v) is 3.64. The summed E-state index contributed by atoms with van der Waals surface area (Å²) in [4.78, 5) is 12.5. The van der Waals surface area contributed by atoms with Crippen molar-refractivity contribution in [3.63, 3.8) is 0 Å². The van der Waals surface area contributed by atoms with Crippen LogP contribution < -0.4 is 4.90 Å². The van der Waals surface area contributed by atoms with Crippen molar-refractivity contribution >= 4 is 27.3 Å². The van der Waals surface area contributed by atoms with E-state index >= 15 is 0 Å². The second-order valence-corrected chi connectivity index (χ2v) is 5.83. The van der Waals surface area contributed by atoms with Crippen LogP contribution in [0.2, 0.25) is 0 Å². The smallest absolute Gasteiger partial charge is 0.292 e. The fourth-order valence-electron chi connectivity index (χ4n) is 2.33. The summed E-state index contributed by atoms with van der Waals surface area (Å²) in [6, 6.07) is 4.88. The molecular formula is C12H15BrN2O3. The second-order valence-electron chi connectivity index (χ2n) is 4.91. The molecular weight excluding hydrogens is 300 g/mol. The van der Waals surface area contributed by atoms with Crippen molar-refractivity contribution in [2.45, 2.75) is 25.4 Å².